The Morgan fingerprint density at radius 1 is 1.17 bits per heavy atom. The van der Waals surface area contributed by atoms with Crippen molar-refractivity contribution in [3.63, 3.8) is 0 Å². The van der Waals surface area contributed by atoms with E-state index < -0.39 is 5.54 Å². The highest BCUT2D eigenvalue weighted by molar-refractivity contribution is 6.01. The monoisotopic (exact) mass is 339 g/mol. The van der Waals surface area contributed by atoms with Gasteiger partial charge in [0.05, 0.1) is 6.54 Å². The van der Waals surface area contributed by atoms with Crippen LogP contribution in [-0.2, 0) is 16.1 Å². The molecule has 1 aliphatic heterocycles. The fraction of sp³-hybridized carbons (Fsp3) is 0.438. The van der Waals surface area contributed by atoms with Gasteiger partial charge in [-0.25, -0.2) is 0 Å². The van der Waals surface area contributed by atoms with Gasteiger partial charge in [0.25, 0.3) is 5.91 Å². The zero-order valence-electron chi connectivity index (χ0n) is 13.3. The van der Waals surface area contributed by atoms with Crippen LogP contribution >= 0.6 is 12.4 Å². The molecule has 6 nitrogen and oxygen atoms in total. The maximum atomic E-state index is 12.1. The number of hydrogen-bond donors (Lipinski definition) is 2. The molecule has 0 atom stereocenters. The Morgan fingerprint density at radius 2 is 1.70 bits per heavy atom. The molecule has 1 saturated heterocycles. The molecule has 3 N–H and O–H groups in total. The van der Waals surface area contributed by atoms with Gasteiger partial charge in [0.1, 0.15) is 0 Å². The molecule has 23 heavy (non-hydrogen) atoms. The Kier molecular flexibility index (Phi) is 6.29. The molecule has 0 aliphatic carbocycles. The van der Waals surface area contributed by atoms with Gasteiger partial charge in [-0.15, -0.1) is 12.4 Å². The SMILES string of the molecule is CC(C)(CN)NC(=O)c1ccc(CN2C(=O)CCC2=O)cc1.Cl. The van der Waals surface area contributed by atoms with Crippen molar-refractivity contribution in [2.75, 3.05) is 6.54 Å². The van der Waals surface area contributed by atoms with Crippen molar-refractivity contribution in [1.82, 2.24) is 10.2 Å². The summed E-state index contributed by atoms with van der Waals surface area (Å²) in [5.74, 6) is -0.483. The van der Waals surface area contributed by atoms with E-state index in [1.165, 1.54) is 4.90 Å². The minimum atomic E-state index is -0.468. The van der Waals surface area contributed by atoms with Crippen LogP contribution in [-0.4, -0.2) is 34.7 Å². The number of rotatable bonds is 5. The first-order valence-corrected chi connectivity index (χ1v) is 7.27. The van der Waals surface area contributed by atoms with E-state index in [4.69, 9.17) is 5.73 Å². The van der Waals surface area contributed by atoms with Crippen LogP contribution in [0.4, 0.5) is 0 Å². The van der Waals surface area contributed by atoms with Crippen LogP contribution in [0, 0.1) is 0 Å². The van der Waals surface area contributed by atoms with Gasteiger partial charge in [-0.05, 0) is 31.5 Å². The van der Waals surface area contributed by atoms with E-state index in [9.17, 15) is 14.4 Å². The standard InChI is InChI=1S/C16H21N3O3.ClH/c1-16(2,10-17)18-15(22)12-5-3-11(4-6-12)9-19-13(20)7-8-14(19)21;/h3-6H,7-10,17H2,1-2H3,(H,18,22);1H. The molecule has 1 aromatic rings. The molecule has 126 valence electrons. The molecule has 0 aromatic heterocycles. The van der Waals surface area contributed by atoms with Crippen LogP contribution in [0.1, 0.15) is 42.6 Å². The first-order chi connectivity index (χ1) is 10.3. The van der Waals surface area contributed by atoms with E-state index in [-0.39, 0.29) is 49.5 Å². The number of carbonyl (C=O) groups is 3. The molecule has 7 heteroatoms. The Morgan fingerprint density at radius 3 is 2.17 bits per heavy atom. The van der Waals surface area contributed by atoms with E-state index in [1.807, 2.05) is 13.8 Å². The summed E-state index contributed by atoms with van der Waals surface area (Å²) in [7, 11) is 0. The van der Waals surface area contributed by atoms with E-state index >= 15 is 0 Å². The molecule has 2 rings (SSSR count). The summed E-state index contributed by atoms with van der Waals surface area (Å²) in [6.45, 7) is 4.30. The van der Waals surface area contributed by atoms with Gasteiger partial charge in [0, 0.05) is 30.5 Å². The quantitative estimate of drug-likeness (QED) is 0.789. The van der Waals surface area contributed by atoms with Gasteiger partial charge in [-0.2, -0.15) is 0 Å². The number of hydrogen-bond acceptors (Lipinski definition) is 4. The topological polar surface area (TPSA) is 92.5 Å². The summed E-state index contributed by atoms with van der Waals surface area (Å²) in [6.07, 6.45) is 0.570. The molecule has 0 spiro atoms. The van der Waals surface area contributed by atoms with Crippen molar-refractivity contribution < 1.29 is 14.4 Å². The number of carbonyl (C=O) groups excluding carboxylic acids is 3. The number of likely N-dealkylation sites (tertiary alicyclic amines) is 1. The number of nitrogens with zero attached hydrogens (tertiary/aromatic N) is 1. The molecule has 1 aromatic carbocycles. The maximum absolute atomic E-state index is 12.1. The predicted octanol–water partition coefficient (Wildman–Crippen LogP) is 1.22. The van der Waals surface area contributed by atoms with Crippen LogP contribution in [0.5, 0.6) is 0 Å². The summed E-state index contributed by atoms with van der Waals surface area (Å²) >= 11 is 0. The highest BCUT2D eigenvalue weighted by Gasteiger charge is 2.28. The van der Waals surface area contributed by atoms with Gasteiger partial charge in [0.2, 0.25) is 11.8 Å². The average Bonchev–Trinajstić information content (AvgIpc) is 2.79. The predicted molar refractivity (Wildman–Crippen MR) is 89.1 cm³/mol. The third-order valence-corrected chi connectivity index (χ3v) is 3.67. The van der Waals surface area contributed by atoms with E-state index in [1.54, 1.807) is 24.3 Å². The molecule has 0 bridgehead atoms. The van der Waals surface area contributed by atoms with Crippen molar-refractivity contribution in [3.8, 4) is 0 Å². The summed E-state index contributed by atoms with van der Waals surface area (Å²) in [5, 5.41) is 2.85. The first kappa shape index (κ1) is 19.1. The van der Waals surface area contributed by atoms with E-state index in [2.05, 4.69) is 5.32 Å². The fourth-order valence-electron chi connectivity index (χ4n) is 2.17. The average molecular weight is 340 g/mol. The van der Waals surface area contributed by atoms with Gasteiger partial charge < -0.3 is 11.1 Å². The Hall–Kier alpha value is -1.92. The highest BCUT2D eigenvalue weighted by Crippen LogP contribution is 2.16. The second-order valence-electron chi connectivity index (χ2n) is 6.11. The lowest BCUT2D eigenvalue weighted by molar-refractivity contribution is -0.139. The van der Waals surface area contributed by atoms with Crippen LogP contribution in [0.15, 0.2) is 24.3 Å². The smallest absolute Gasteiger partial charge is 0.251 e. The van der Waals surface area contributed by atoms with E-state index in [0.717, 1.165) is 5.56 Å². The van der Waals surface area contributed by atoms with Crippen molar-refractivity contribution >= 4 is 30.1 Å². The number of halogens is 1. The molecule has 0 radical (unpaired) electrons. The van der Waals surface area contributed by atoms with Crippen molar-refractivity contribution in [2.24, 2.45) is 5.73 Å². The lowest BCUT2D eigenvalue weighted by atomic mass is 10.0. The number of imide groups is 1. The molecular formula is C16H22ClN3O3. The zero-order chi connectivity index (χ0) is 16.3. The van der Waals surface area contributed by atoms with Crippen molar-refractivity contribution in [3.05, 3.63) is 35.4 Å². The number of benzene rings is 1. The van der Waals surface area contributed by atoms with Crippen molar-refractivity contribution in [2.45, 2.75) is 38.8 Å². The second kappa shape index (κ2) is 7.57. The third kappa shape index (κ3) is 4.77. The minimum Gasteiger partial charge on any atom is -0.346 e. The van der Waals surface area contributed by atoms with E-state index in [0.29, 0.717) is 12.1 Å². The lowest BCUT2D eigenvalue weighted by Crippen LogP contribution is -2.48. The van der Waals surface area contributed by atoms with Gasteiger partial charge in [-0.1, -0.05) is 12.1 Å². The molecule has 3 amide bonds. The van der Waals surface area contributed by atoms with Crippen LogP contribution in [0.2, 0.25) is 0 Å². The Bertz CT molecular complexity index is 583. The molecule has 1 fully saturated rings. The summed E-state index contributed by atoms with van der Waals surface area (Å²) < 4.78 is 0. The third-order valence-electron chi connectivity index (χ3n) is 3.67. The number of nitrogens with one attached hydrogen (secondary N) is 1. The molecule has 0 unspecified atom stereocenters. The normalized spacial score (nSPS) is 14.7. The van der Waals surface area contributed by atoms with Gasteiger partial charge in [0.15, 0.2) is 0 Å². The lowest BCUT2D eigenvalue weighted by Gasteiger charge is -2.24. The Labute approximate surface area is 141 Å². The van der Waals surface area contributed by atoms with Crippen LogP contribution in [0.3, 0.4) is 0 Å². The molecule has 1 heterocycles. The Balaban J connectivity index is 0.00000264. The maximum Gasteiger partial charge on any atom is 0.251 e. The summed E-state index contributed by atoms with van der Waals surface area (Å²) in [5.41, 5.74) is 6.46. The first-order valence-electron chi connectivity index (χ1n) is 7.27. The highest BCUT2D eigenvalue weighted by atomic mass is 35.5. The largest absolute Gasteiger partial charge is 0.346 e. The minimum absolute atomic E-state index is 0. The zero-order valence-corrected chi connectivity index (χ0v) is 14.1. The summed E-state index contributed by atoms with van der Waals surface area (Å²) in [6, 6.07) is 6.87. The summed E-state index contributed by atoms with van der Waals surface area (Å²) in [4.78, 5) is 36.5. The fourth-order valence-corrected chi connectivity index (χ4v) is 2.17. The molecular weight excluding hydrogens is 318 g/mol. The van der Waals surface area contributed by atoms with Crippen LogP contribution in [0.25, 0.3) is 0 Å². The number of nitrogens with two attached hydrogens (primary N) is 1. The van der Waals surface area contributed by atoms with Gasteiger partial charge in [-0.3, -0.25) is 19.3 Å². The molecule has 1 aliphatic rings. The second-order valence-corrected chi connectivity index (χ2v) is 6.11. The van der Waals surface area contributed by atoms with Crippen LogP contribution < -0.4 is 11.1 Å². The van der Waals surface area contributed by atoms with Gasteiger partial charge >= 0.3 is 0 Å². The van der Waals surface area contributed by atoms with Crippen molar-refractivity contribution in [1.29, 1.82) is 0 Å². The molecule has 0 saturated carbocycles. The number of amides is 3.